The minimum Gasteiger partial charge on any atom is -0.317 e. The summed E-state index contributed by atoms with van der Waals surface area (Å²) in [4.78, 5) is 10.4. The van der Waals surface area contributed by atoms with Crippen LogP contribution in [0.2, 0.25) is 0 Å². The molecule has 4 heteroatoms. The zero-order valence-electron chi connectivity index (χ0n) is 10.5. The average molecular weight is 247 g/mol. The van der Waals surface area contributed by atoms with E-state index in [1.807, 2.05) is 12.1 Å². The predicted octanol–water partition coefficient (Wildman–Crippen LogP) is 3.04. The molecule has 3 rings (SSSR count). The SMILES string of the molecule is O=[N+]([O-])c1ccc(C2CCC[N+]23CCCC3)cc1. The first-order chi connectivity index (χ1) is 8.71. The van der Waals surface area contributed by atoms with Crippen molar-refractivity contribution < 1.29 is 9.41 Å². The highest BCUT2D eigenvalue weighted by Gasteiger charge is 2.44. The van der Waals surface area contributed by atoms with Gasteiger partial charge in [-0.05, 0) is 12.1 Å². The number of benzene rings is 1. The maximum atomic E-state index is 10.7. The predicted molar refractivity (Wildman–Crippen MR) is 69.2 cm³/mol. The Morgan fingerprint density at radius 2 is 1.67 bits per heavy atom. The van der Waals surface area contributed by atoms with Crippen molar-refractivity contribution in [1.82, 2.24) is 0 Å². The summed E-state index contributed by atoms with van der Waals surface area (Å²) in [5.41, 5.74) is 1.49. The molecular formula is C14H19N2O2+. The lowest BCUT2D eigenvalue weighted by atomic mass is 10.0. The van der Waals surface area contributed by atoms with Crippen LogP contribution in [0, 0.1) is 10.1 Å². The summed E-state index contributed by atoms with van der Waals surface area (Å²) in [6, 6.07) is 7.81. The highest BCUT2D eigenvalue weighted by Crippen LogP contribution is 2.42. The number of nitro groups is 1. The van der Waals surface area contributed by atoms with Gasteiger partial charge in [0.2, 0.25) is 0 Å². The molecule has 0 amide bonds. The lowest BCUT2D eigenvalue weighted by Crippen LogP contribution is -2.44. The molecule has 0 radical (unpaired) electrons. The van der Waals surface area contributed by atoms with Gasteiger partial charge in [-0.1, -0.05) is 0 Å². The van der Waals surface area contributed by atoms with Gasteiger partial charge in [0, 0.05) is 43.4 Å². The van der Waals surface area contributed by atoms with E-state index < -0.39 is 0 Å². The van der Waals surface area contributed by atoms with Crippen LogP contribution in [0.15, 0.2) is 24.3 Å². The van der Waals surface area contributed by atoms with Gasteiger partial charge in [-0.2, -0.15) is 0 Å². The van der Waals surface area contributed by atoms with E-state index in [9.17, 15) is 10.1 Å². The van der Waals surface area contributed by atoms with Gasteiger partial charge in [0.05, 0.1) is 24.6 Å². The molecule has 2 fully saturated rings. The third-order valence-electron chi connectivity index (χ3n) is 4.69. The van der Waals surface area contributed by atoms with E-state index in [2.05, 4.69) is 0 Å². The summed E-state index contributed by atoms with van der Waals surface area (Å²) in [6.45, 7) is 3.88. The van der Waals surface area contributed by atoms with Crippen LogP contribution in [0.4, 0.5) is 5.69 Å². The van der Waals surface area contributed by atoms with E-state index in [1.54, 1.807) is 12.1 Å². The molecule has 2 aliphatic heterocycles. The topological polar surface area (TPSA) is 43.1 Å². The smallest absolute Gasteiger partial charge is 0.269 e. The third-order valence-corrected chi connectivity index (χ3v) is 4.69. The Labute approximate surface area is 107 Å². The Morgan fingerprint density at radius 1 is 1.06 bits per heavy atom. The van der Waals surface area contributed by atoms with Crippen molar-refractivity contribution in [2.24, 2.45) is 0 Å². The normalized spacial score (nSPS) is 25.7. The Hall–Kier alpha value is -1.42. The van der Waals surface area contributed by atoms with E-state index >= 15 is 0 Å². The van der Waals surface area contributed by atoms with Crippen molar-refractivity contribution in [3.8, 4) is 0 Å². The van der Waals surface area contributed by atoms with E-state index in [0.717, 1.165) is 0 Å². The molecule has 1 aromatic carbocycles. The minimum atomic E-state index is -0.321. The van der Waals surface area contributed by atoms with Crippen molar-refractivity contribution in [3.63, 3.8) is 0 Å². The molecule has 1 unspecified atom stereocenters. The standard InChI is InChI=1S/C14H19N2O2/c17-15(18)13-7-5-12(6-8-13)14-4-3-11-16(14)9-1-2-10-16/h5-8,14H,1-4,9-11H2/q+1. The van der Waals surface area contributed by atoms with Gasteiger partial charge < -0.3 is 4.48 Å². The number of rotatable bonds is 2. The highest BCUT2D eigenvalue weighted by atomic mass is 16.6. The van der Waals surface area contributed by atoms with Crippen LogP contribution < -0.4 is 0 Å². The summed E-state index contributed by atoms with van der Waals surface area (Å²) in [7, 11) is 0. The second kappa shape index (κ2) is 4.35. The Kier molecular flexibility index (Phi) is 2.82. The molecular weight excluding hydrogens is 228 g/mol. The molecule has 1 atom stereocenters. The molecule has 2 heterocycles. The van der Waals surface area contributed by atoms with Crippen LogP contribution in [0.1, 0.15) is 37.3 Å². The van der Waals surface area contributed by atoms with Crippen LogP contribution in [0.25, 0.3) is 0 Å². The van der Waals surface area contributed by atoms with Crippen LogP contribution >= 0.6 is 0 Å². The first kappa shape index (κ1) is 11.7. The first-order valence-corrected chi connectivity index (χ1v) is 6.81. The van der Waals surface area contributed by atoms with E-state index in [1.165, 1.54) is 55.4 Å². The van der Waals surface area contributed by atoms with Crippen molar-refractivity contribution in [2.75, 3.05) is 19.6 Å². The lowest BCUT2D eigenvalue weighted by Gasteiger charge is -2.36. The molecule has 0 aliphatic carbocycles. The van der Waals surface area contributed by atoms with Gasteiger partial charge in [0.25, 0.3) is 5.69 Å². The molecule has 4 nitrogen and oxygen atoms in total. The summed E-state index contributed by atoms with van der Waals surface area (Å²) in [5, 5.41) is 10.7. The van der Waals surface area contributed by atoms with Crippen molar-refractivity contribution >= 4 is 5.69 Å². The van der Waals surface area contributed by atoms with E-state index in [0.29, 0.717) is 6.04 Å². The summed E-state index contributed by atoms with van der Waals surface area (Å²) >= 11 is 0. The quantitative estimate of drug-likeness (QED) is 0.458. The fourth-order valence-electron chi connectivity index (χ4n) is 3.83. The van der Waals surface area contributed by atoms with Gasteiger partial charge in [0.15, 0.2) is 0 Å². The van der Waals surface area contributed by atoms with Crippen LogP contribution in [0.5, 0.6) is 0 Å². The Balaban J connectivity index is 1.87. The van der Waals surface area contributed by atoms with Gasteiger partial charge in [-0.25, -0.2) is 0 Å². The second-order valence-corrected chi connectivity index (χ2v) is 5.60. The lowest BCUT2D eigenvalue weighted by molar-refractivity contribution is -0.933. The van der Waals surface area contributed by atoms with E-state index in [-0.39, 0.29) is 10.6 Å². The number of quaternary nitrogens is 1. The summed E-state index contributed by atoms with van der Waals surface area (Å²) < 4.78 is 1.23. The van der Waals surface area contributed by atoms with Crippen LogP contribution in [-0.2, 0) is 0 Å². The molecule has 0 bridgehead atoms. The monoisotopic (exact) mass is 247 g/mol. The van der Waals surface area contributed by atoms with Crippen LogP contribution in [-0.4, -0.2) is 29.0 Å². The number of hydrogen-bond acceptors (Lipinski definition) is 2. The fraction of sp³-hybridized carbons (Fsp3) is 0.571. The van der Waals surface area contributed by atoms with Gasteiger partial charge >= 0.3 is 0 Å². The molecule has 0 aromatic heterocycles. The zero-order valence-corrected chi connectivity index (χ0v) is 10.5. The van der Waals surface area contributed by atoms with E-state index in [4.69, 9.17) is 0 Å². The molecule has 0 saturated carbocycles. The highest BCUT2D eigenvalue weighted by molar-refractivity contribution is 5.34. The third kappa shape index (κ3) is 1.81. The molecule has 1 spiro atoms. The van der Waals surface area contributed by atoms with Gasteiger partial charge in [-0.15, -0.1) is 0 Å². The Bertz CT molecular complexity index is 444. The van der Waals surface area contributed by atoms with Crippen LogP contribution in [0.3, 0.4) is 0 Å². The fourth-order valence-corrected chi connectivity index (χ4v) is 3.83. The molecule has 0 N–H and O–H groups in total. The summed E-state index contributed by atoms with van der Waals surface area (Å²) in [5.74, 6) is 0. The Morgan fingerprint density at radius 3 is 2.28 bits per heavy atom. The second-order valence-electron chi connectivity index (χ2n) is 5.60. The van der Waals surface area contributed by atoms with Crippen molar-refractivity contribution in [3.05, 3.63) is 39.9 Å². The first-order valence-electron chi connectivity index (χ1n) is 6.81. The number of nitrogens with zero attached hydrogens (tertiary/aromatic N) is 2. The summed E-state index contributed by atoms with van der Waals surface area (Å²) in [6.07, 6.45) is 5.20. The van der Waals surface area contributed by atoms with Gasteiger partial charge in [-0.3, -0.25) is 10.1 Å². The largest absolute Gasteiger partial charge is 0.317 e. The molecule has 2 aliphatic rings. The molecule has 1 aromatic rings. The minimum absolute atomic E-state index is 0.199. The van der Waals surface area contributed by atoms with Crippen molar-refractivity contribution in [2.45, 2.75) is 31.7 Å². The molecule has 96 valence electrons. The number of nitro benzene ring substituents is 1. The molecule has 2 saturated heterocycles. The number of hydrogen-bond donors (Lipinski definition) is 0. The zero-order chi connectivity index (χ0) is 12.6. The molecule has 18 heavy (non-hydrogen) atoms. The maximum absolute atomic E-state index is 10.7. The van der Waals surface area contributed by atoms with Gasteiger partial charge in [0.1, 0.15) is 6.04 Å². The maximum Gasteiger partial charge on any atom is 0.269 e. The average Bonchev–Trinajstić information content (AvgIpc) is 3.01. The number of non-ortho nitro benzene ring substituents is 1. The van der Waals surface area contributed by atoms with Crippen molar-refractivity contribution in [1.29, 1.82) is 0 Å².